The second-order valence-corrected chi connectivity index (χ2v) is 22.9. The van der Waals surface area contributed by atoms with E-state index in [1.54, 1.807) is 0 Å². The number of nitrogens with one attached hydrogen (secondary N) is 2. The number of hydrogen-bond acceptors (Lipinski definition) is 24. The number of benzene rings is 4. The van der Waals surface area contributed by atoms with Crippen LogP contribution in [0.3, 0.4) is 0 Å². The van der Waals surface area contributed by atoms with Crippen LogP contribution in [0.5, 0.6) is 0 Å². The van der Waals surface area contributed by atoms with E-state index in [9.17, 15) is 77.8 Å². The maximum Gasteiger partial charge on any atom is 2.00 e. The summed E-state index contributed by atoms with van der Waals surface area (Å²) in [5.74, 6) is 0. The number of rotatable bonds is 10. The molecule has 0 atom stereocenters. The Morgan fingerprint density at radius 2 is 0.575 bits per heavy atom. The summed E-state index contributed by atoms with van der Waals surface area (Å²) in [4.78, 5) is -5.06. The van der Waals surface area contributed by atoms with E-state index in [1.165, 1.54) is 50.3 Å². The molecule has 4 aromatic rings. The summed E-state index contributed by atoms with van der Waals surface area (Å²) in [6.07, 6.45) is 4.26. The second kappa shape index (κ2) is 24.2. The zero-order valence-corrected chi connectivity index (χ0v) is 49.0. The van der Waals surface area contributed by atoms with E-state index in [0.717, 1.165) is 60.7 Å². The van der Waals surface area contributed by atoms with E-state index < -0.39 is 102 Å². The van der Waals surface area contributed by atoms with Gasteiger partial charge in [0.1, 0.15) is 60.7 Å². The number of nitrogens with two attached hydrogens (primary N) is 4. The van der Waals surface area contributed by atoms with Crippen LogP contribution in [0.15, 0.2) is 149 Å². The first-order valence-electron chi connectivity index (χ1n) is 18.6. The SMILES string of the molecule is CC1=CC(=C(c2ccc(N)c(S(=O)(=O)[O-])c2)c2ccc(N)c(S(=O)(=O)[O-])c2)C=C(S(=O)(=O)[O-])C1=N.CC1=CC(=C(c2ccc(N)c(S(=O)(=O)[O-])c2)c2ccc(N)c(S(=O)(=O)[O-])c2)C=C(S(=O)(=O)[O-])C1=N.[Ca+2].[Ca+2].[Ca+2]. The Kier molecular flexibility index (Phi) is 21.9. The fourth-order valence-electron chi connectivity index (χ4n) is 6.82. The number of hydrogen-bond donors (Lipinski definition) is 6. The molecular weight excluding hydrogens is 1170 g/mol. The van der Waals surface area contributed by atoms with Crippen molar-refractivity contribution in [3.63, 3.8) is 0 Å². The maximum absolute atomic E-state index is 11.8. The number of anilines is 4. The molecule has 2 aliphatic rings. The van der Waals surface area contributed by atoms with Crippen molar-refractivity contribution in [1.82, 2.24) is 0 Å². The van der Waals surface area contributed by atoms with Gasteiger partial charge in [0.25, 0.3) is 0 Å². The van der Waals surface area contributed by atoms with Crippen LogP contribution in [0, 0.1) is 10.8 Å². The smallest absolute Gasteiger partial charge is 0.744 e. The standard InChI is InChI=1S/2C20H19N3O9S3.3Ca/c2*1-10-6-13(9-18(20(10)23)35(30,31)32)19(11-2-4-14(21)16(7-11)33(24,25)26)12-3-5-15(22)17(8-12)34(27,28)29;;;/h2*2-9,23H,21-22H2,1H3,(H,24,25,26)(H,27,28,29)(H,30,31,32);;;/q;;3*+2/p-6. The fraction of sp³-hybridized carbons (Fsp3) is 0.0500. The molecule has 24 nitrogen and oxygen atoms in total. The Morgan fingerprint density at radius 3 is 0.753 bits per heavy atom. The first-order valence-corrected chi connectivity index (χ1v) is 27.1. The van der Waals surface area contributed by atoms with Crippen molar-refractivity contribution < 1.29 is 77.8 Å². The van der Waals surface area contributed by atoms with Crippen molar-refractivity contribution in [1.29, 1.82) is 10.8 Å². The molecule has 0 amide bonds. The van der Waals surface area contributed by atoms with Gasteiger partial charge in [-0.2, -0.15) is 0 Å². The first kappa shape index (κ1) is 66.2. The van der Waals surface area contributed by atoms with Crippen molar-refractivity contribution >= 4 is 219 Å². The molecule has 0 fully saturated rings. The Bertz CT molecular complexity index is 3510. The molecule has 0 saturated heterocycles. The van der Waals surface area contributed by atoms with Gasteiger partial charge in [0.2, 0.25) is 0 Å². The quantitative estimate of drug-likeness (QED) is 0.0719. The van der Waals surface area contributed by atoms with Gasteiger partial charge in [-0.05, 0) is 142 Å². The minimum atomic E-state index is -5.14. The number of allylic oxidation sites excluding steroid dienone is 10. The van der Waals surface area contributed by atoms with Gasteiger partial charge < -0.3 is 50.3 Å². The molecule has 0 spiro atoms. The van der Waals surface area contributed by atoms with Gasteiger partial charge in [-0.15, -0.1) is 0 Å². The van der Waals surface area contributed by atoms with Crippen molar-refractivity contribution in [2.45, 2.75) is 33.4 Å². The van der Waals surface area contributed by atoms with Crippen LogP contribution < -0.4 is 22.9 Å². The molecule has 0 radical (unpaired) electrons. The Hall–Kier alpha value is -2.90. The third kappa shape index (κ3) is 15.6. The van der Waals surface area contributed by atoms with Crippen LogP contribution in [0.2, 0.25) is 0 Å². The summed E-state index contributed by atoms with van der Waals surface area (Å²) >= 11 is 0. The Balaban J connectivity index is 0.000000480. The zero-order chi connectivity index (χ0) is 53.0. The monoisotopic (exact) mass is 1200 g/mol. The van der Waals surface area contributed by atoms with Crippen LogP contribution in [-0.2, 0) is 60.7 Å². The minimum Gasteiger partial charge on any atom is -0.744 e. The fourth-order valence-corrected chi connectivity index (χ4v) is 10.7. The van der Waals surface area contributed by atoms with Gasteiger partial charge in [-0.25, -0.2) is 50.5 Å². The summed E-state index contributed by atoms with van der Waals surface area (Å²) in [5.41, 5.74) is 19.3. The van der Waals surface area contributed by atoms with Crippen LogP contribution in [0.25, 0.3) is 11.1 Å². The summed E-state index contributed by atoms with van der Waals surface area (Å²) in [7, 11) is -30.5. The van der Waals surface area contributed by atoms with Gasteiger partial charge in [0, 0.05) is 22.7 Å². The molecule has 4 aromatic carbocycles. The molecular formula is C40H32Ca3N6O18S6. The van der Waals surface area contributed by atoms with Gasteiger partial charge in [-0.1, -0.05) is 24.3 Å². The number of nitrogen functional groups attached to an aromatic ring is 4. The Labute approximate surface area is 508 Å². The van der Waals surface area contributed by atoms with E-state index in [-0.39, 0.29) is 192 Å². The molecule has 0 unspecified atom stereocenters. The summed E-state index contributed by atoms with van der Waals surface area (Å²) in [6.45, 7) is 2.68. The van der Waals surface area contributed by atoms with E-state index in [0.29, 0.717) is 0 Å². The van der Waals surface area contributed by atoms with E-state index in [1.807, 2.05) is 0 Å². The summed E-state index contributed by atoms with van der Waals surface area (Å²) in [6, 6.07) is 12.9. The molecule has 0 heterocycles. The first-order chi connectivity index (χ1) is 31.8. The zero-order valence-electron chi connectivity index (χ0n) is 37.5. The predicted octanol–water partition coefficient (Wildman–Crippen LogP) is 0.597. The third-order valence-electron chi connectivity index (χ3n) is 10.0. The van der Waals surface area contributed by atoms with E-state index in [4.69, 9.17) is 33.8 Å². The summed E-state index contributed by atoms with van der Waals surface area (Å²) in [5, 5.41) is 15.8. The third-order valence-corrected chi connectivity index (χ3v) is 15.3. The molecule has 33 heteroatoms. The minimum absolute atomic E-state index is 0. The molecule has 372 valence electrons. The summed E-state index contributed by atoms with van der Waals surface area (Å²) < 4.78 is 211. The Morgan fingerprint density at radius 1 is 0.370 bits per heavy atom. The van der Waals surface area contributed by atoms with Crippen LogP contribution >= 0.6 is 0 Å². The average molecular weight is 1200 g/mol. The van der Waals surface area contributed by atoms with Crippen molar-refractivity contribution in [3.05, 3.63) is 151 Å². The van der Waals surface area contributed by atoms with Gasteiger partial charge >= 0.3 is 113 Å². The van der Waals surface area contributed by atoms with Crippen LogP contribution in [0.1, 0.15) is 36.1 Å². The molecule has 73 heavy (non-hydrogen) atoms. The molecule has 6 rings (SSSR count). The second-order valence-electron chi connectivity index (χ2n) is 14.8. The average Bonchev–Trinajstić information content (AvgIpc) is 3.20. The molecule has 0 saturated carbocycles. The molecule has 10 N–H and O–H groups in total. The van der Waals surface area contributed by atoms with Gasteiger partial charge in [-0.3, -0.25) is 10.8 Å². The van der Waals surface area contributed by atoms with Crippen LogP contribution in [0.4, 0.5) is 22.7 Å². The molecule has 0 aromatic heterocycles. The van der Waals surface area contributed by atoms with E-state index in [2.05, 4.69) is 0 Å². The van der Waals surface area contributed by atoms with Crippen molar-refractivity contribution in [2.75, 3.05) is 22.9 Å². The maximum atomic E-state index is 11.8. The molecule has 0 bridgehead atoms. The predicted molar refractivity (Wildman–Crippen MR) is 263 cm³/mol. The van der Waals surface area contributed by atoms with Gasteiger partial charge in [0.05, 0.1) is 40.8 Å². The van der Waals surface area contributed by atoms with E-state index >= 15 is 0 Å². The van der Waals surface area contributed by atoms with Crippen LogP contribution in [-0.4, -0.2) is 202 Å². The molecule has 0 aliphatic heterocycles. The largest absolute Gasteiger partial charge is 2.00 e. The van der Waals surface area contributed by atoms with Crippen molar-refractivity contribution in [2.24, 2.45) is 0 Å². The van der Waals surface area contributed by atoms with Crippen molar-refractivity contribution in [3.8, 4) is 0 Å². The normalized spacial score (nSPS) is 14.4. The van der Waals surface area contributed by atoms with Gasteiger partial charge in [0.15, 0.2) is 0 Å². The topological polar surface area (TPSA) is 495 Å². The molecule has 2 aliphatic carbocycles.